The Kier molecular flexibility index (Phi) is 6.26. The van der Waals surface area contributed by atoms with Gasteiger partial charge in [0.05, 0.1) is 0 Å². The van der Waals surface area contributed by atoms with Gasteiger partial charge in [-0.25, -0.2) is 8.42 Å². The molecule has 3 heterocycles. The van der Waals surface area contributed by atoms with Crippen LogP contribution in [-0.4, -0.2) is 43.2 Å². The lowest BCUT2D eigenvalue weighted by Gasteiger charge is -2.33. The Morgan fingerprint density at radius 3 is 2.73 bits per heavy atom. The highest BCUT2D eigenvalue weighted by molar-refractivity contribution is 7.91. The number of piperidine rings is 1. The smallest absolute Gasteiger partial charge is 0.252 e. The molecular formula is C22H27N3O3S2. The van der Waals surface area contributed by atoms with Gasteiger partial charge in [0, 0.05) is 42.7 Å². The molecule has 1 fully saturated rings. The van der Waals surface area contributed by atoms with Crippen molar-refractivity contribution in [3.05, 3.63) is 53.5 Å². The number of fused-ring (bicyclic) bond motifs is 1. The van der Waals surface area contributed by atoms with Crippen LogP contribution in [0.5, 0.6) is 0 Å². The van der Waals surface area contributed by atoms with Gasteiger partial charge >= 0.3 is 0 Å². The molecular weight excluding hydrogens is 418 g/mol. The van der Waals surface area contributed by atoms with Crippen molar-refractivity contribution in [3.63, 3.8) is 0 Å². The fourth-order valence-electron chi connectivity index (χ4n) is 4.19. The zero-order chi connectivity index (χ0) is 21.1. The van der Waals surface area contributed by atoms with E-state index in [2.05, 4.69) is 16.4 Å². The molecule has 2 N–H and O–H groups in total. The van der Waals surface area contributed by atoms with Gasteiger partial charge in [-0.15, -0.1) is 11.3 Å². The average Bonchev–Trinajstić information content (AvgIpc) is 3.44. The van der Waals surface area contributed by atoms with Gasteiger partial charge in [0.1, 0.15) is 4.21 Å². The van der Waals surface area contributed by atoms with Crippen molar-refractivity contribution in [2.75, 3.05) is 19.6 Å². The van der Waals surface area contributed by atoms with Gasteiger partial charge < -0.3 is 10.3 Å². The third-order valence-corrected chi connectivity index (χ3v) is 9.35. The van der Waals surface area contributed by atoms with Crippen molar-refractivity contribution in [2.24, 2.45) is 11.8 Å². The van der Waals surface area contributed by atoms with E-state index in [1.807, 2.05) is 31.3 Å². The summed E-state index contributed by atoms with van der Waals surface area (Å²) >= 11 is 1.25. The number of thiophene rings is 1. The molecule has 6 nitrogen and oxygen atoms in total. The largest absolute Gasteiger partial charge is 0.361 e. The van der Waals surface area contributed by atoms with E-state index in [1.54, 1.807) is 21.8 Å². The Labute approximate surface area is 181 Å². The number of rotatable bonds is 7. The van der Waals surface area contributed by atoms with E-state index in [0.717, 1.165) is 11.9 Å². The lowest BCUT2D eigenvalue weighted by Crippen LogP contribution is -2.42. The van der Waals surface area contributed by atoms with E-state index < -0.39 is 10.0 Å². The van der Waals surface area contributed by atoms with Crippen LogP contribution in [-0.2, 0) is 21.2 Å². The Balaban J connectivity index is 1.27. The maximum atomic E-state index is 12.7. The molecule has 0 spiro atoms. The standard InChI is InChI=1S/C22H27N3O3S2/c1-16(17-9-12-25(13-10-17)30(27,28)21-7-4-14-29-21)22(26)23-11-8-18-15-24-20-6-3-2-5-19(18)20/h2-7,14-17,24H,8-13H2,1H3,(H,23,26)/t16-/m1/s1. The van der Waals surface area contributed by atoms with Gasteiger partial charge in [-0.05, 0) is 48.3 Å². The molecule has 0 saturated carbocycles. The quantitative estimate of drug-likeness (QED) is 0.583. The van der Waals surface area contributed by atoms with Gasteiger partial charge in [0.25, 0.3) is 10.0 Å². The van der Waals surface area contributed by atoms with E-state index in [4.69, 9.17) is 0 Å². The van der Waals surface area contributed by atoms with E-state index in [9.17, 15) is 13.2 Å². The van der Waals surface area contributed by atoms with Crippen molar-refractivity contribution in [1.82, 2.24) is 14.6 Å². The fraction of sp³-hybridized carbons (Fsp3) is 0.409. The second kappa shape index (κ2) is 8.91. The number of H-pyrrole nitrogens is 1. The van der Waals surface area contributed by atoms with Crippen LogP contribution < -0.4 is 5.32 Å². The fourth-order valence-corrected chi connectivity index (χ4v) is 6.80. The molecule has 1 aliphatic heterocycles. The summed E-state index contributed by atoms with van der Waals surface area (Å²) in [7, 11) is -3.40. The number of sulfonamides is 1. The summed E-state index contributed by atoms with van der Waals surface area (Å²) in [5.74, 6) is 0.127. The lowest BCUT2D eigenvalue weighted by molar-refractivity contribution is -0.126. The summed E-state index contributed by atoms with van der Waals surface area (Å²) < 4.78 is 27.3. The van der Waals surface area contributed by atoms with E-state index in [-0.39, 0.29) is 17.7 Å². The molecule has 4 rings (SSSR count). The molecule has 0 bridgehead atoms. The summed E-state index contributed by atoms with van der Waals surface area (Å²) in [4.78, 5) is 15.9. The zero-order valence-corrected chi connectivity index (χ0v) is 18.6. The summed E-state index contributed by atoms with van der Waals surface area (Å²) in [5.41, 5.74) is 2.31. The number of para-hydroxylation sites is 1. The molecule has 1 aromatic carbocycles. The van der Waals surface area contributed by atoms with Crippen molar-refractivity contribution in [2.45, 2.75) is 30.4 Å². The molecule has 3 aromatic rings. The van der Waals surface area contributed by atoms with Gasteiger partial charge in [-0.3, -0.25) is 4.79 Å². The topological polar surface area (TPSA) is 82.3 Å². The highest BCUT2D eigenvalue weighted by atomic mass is 32.2. The van der Waals surface area contributed by atoms with Crippen LogP contribution in [0, 0.1) is 11.8 Å². The van der Waals surface area contributed by atoms with Crippen LogP contribution in [0.2, 0.25) is 0 Å². The first-order valence-corrected chi connectivity index (χ1v) is 12.6. The first-order valence-electron chi connectivity index (χ1n) is 10.3. The maximum Gasteiger partial charge on any atom is 0.252 e. The number of amides is 1. The van der Waals surface area contributed by atoms with Crippen LogP contribution in [0.15, 0.2) is 52.2 Å². The highest BCUT2D eigenvalue weighted by Gasteiger charge is 2.33. The Bertz CT molecular complexity index is 1100. The van der Waals surface area contributed by atoms with Crippen LogP contribution in [0.3, 0.4) is 0 Å². The van der Waals surface area contributed by atoms with Crippen LogP contribution in [0.4, 0.5) is 0 Å². The van der Waals surface area contributed by atoms with E-state index >= 15 is 0 Å². The Morgan fingerprint density at radius 2 is 2.00 bits per heavy atom. The molecule has 0 radical (unpaired) electrons. The SMILES string of the molecule is C[C@@H](C(=O)NCCc1c[nH]c2ccccc12)C1CCN(S(=O)(=O)c2cccs2)CC1. The summed E-state index contributed by atoms with van der Waals surface area (Å²) in [6, 6.07) is 11.6. The van der Waals surface area contributed by atoms with Gasteiger partial charge in [-0.1, -0.05) is 31.2 Å². The number of nitrogens with one attached hydrogen (secondary N) is 2. The molecule has 30 heavy (non-hydrogen) atoms. The number of carbonyl (C=O) groups is 1. The minimum absolute atomic E-state index is 0.0504. The predicted molar refractivity (Wildman–Crippen MR) is 120 cm³/mol. The first kappa shape index (κ1) is 21.1. The maximum absolute atomic E-state index is 12.7. The second-order valence-corrected chi connectivity index (χ2v) is 11.0. The normalized spacial score (nSPS) is 17.2. The number of nitrogens with zero attached hydrogens (tertiary/aromatic N) is 1. The molecule has 0 aliphatic carbocycles. The molecule has 160 valence electrons. The number of hydrogen-bond acceptors (Lipinski definition) is 4. The molecule has 8 heteroatoms. The van der Waals surface area contributed by atoms with Gasteiger partial charge in [0.15, 0.2) is 0 Å². The van der Waals surface area contributed by atoms with Crippen molar-refractivity contribution < 1.29 is 13.2 Å². The van der Waals surface area contributed by atoms with Crippen LogP contribution in [0.25, 0.3) is 10.9 Å². The number of hydrogen-bond donors (Lipinski definition) is 2. The average molecular weight is 446 g/mol. The lowest BCUT2D eigenvalue weighted by atomic mass is 9.85. The van der Waals surface area contributed by atoms with Gasteiger partial charge in [0.2, 0.25) is 5.91 Å². The number of benzene rings is 1. The molecule has 1 saturated heterocycles. The van der Waals surface area contributed by atoms with Crippen molar-refractivity contribution in [3.8, 4) is 0 Å². The minimum Gasteiger partial charge on any atom is -0.361 e. The summed E-state index contributed by atoms with van der Waals surface area (Å²) in [6.45, 7) is 3.49. The molecule has 1 atom stereocenters. The predicted octanol–water partition coefficient (Wildman–Crippen LogP) is 3.63. The third kappa shape index (κ3) is 4.31. The minimum atomic E-state index is -3.40. The third-order valence-electron chi connectivity index (χ3n) is 6.08. The Hall–Kier alpha value is -2.16. The monoisotopic (exact) mass is 445 g/mol. The number of carbonyl (C=O) groups excluding carboxylic acids is 1. The summed E-state index contributed by atoms with van der Waals surface area (Å²) in [6.07, 6.45) is 4.20. The highest BCUT2D eigenvalue weighted by Crippen LogP contribution is 2.30. The van der Waals surface area contributed by atoms with Crippen LogP contribution in [0.1, 0.15) is 25.3 Å². The summed E-state index contributed by atoms with van der Waals surface area (Å²) in [5, 5.41) is 6.04. The van der Waals surface area contributed by atoms with E-state index in [1.165, 1.54) is 22.3 Å². The first-order chi connectivity index (χ1) is 14.5. The van der Waals surface area contributed by atoms with Crippen molar-refractivity contribution in [1.29, 1.82) is 0 Å². The zero-order valence-electron chi connectivity index (χ0n) is 17.0. The molecule has 0 unspecified atom stereocenters. The van der Waals surface area contributed by atoms with Crippen molar-refractivity contribution >= 4 is 38.2 Å². The van der Waals surface area contributed by atoms with E-state index in [0.29, 0.717) is 36.7 Å². The second-order valence-electron chi connectivity index (χ2n) is 7.86. The number of aromatic nitrogens is 1. The Morgan fingerprint density at radius 1 is 1.23 bits per heavy atom. The molecule has 1 aliphatic rings. The molecule has 1 amide bonds. The van der Waals surface area contributed by atoms with Gasteiger partial charge in [-0.2, -0.15) is 4.31 Å². The number of aromatic amines is 1. The molecule has 2 aromatic heterocycles. The van der Waals surface area contributed by atoms with Crippen LogP contribution >= 0.6 is 11.3 Å².